The Morgan fingerprint density at radius 1 is 0.865 bits per heavy atom. The van der Waals surface area contributed by atoms with E-state index in [1.165, 1.54) is 7.11 Å². The zero-order chi connectivity index (χ0) is 28.0. The Bertz CT molecular complexity index is 909. The van der Waals surface area contributed by atoms with Gasteiger partial charge in [0.05, 0.1) is 20.8 Å². The number of nitrogens with one attached hydrogen (secondary N) is 3. The maximum atomic E-state index is 13.3. The molecule has 3 amide bonds. The van der Waals surface area contributed by atoms with Crippen LogP contribution in [0.3, 0.4) is 0 Å². The SMILES string of the molecule is COC(=O)CC[C@H](NC(=O)[C@H](CC(C)C)NC(=O)[C@H](Cc1ccccc1)NC(=O)[C@@H](N)CO)C(=O)OC. The minimum Gasteiger partial charge on any atom is -0.469 e. The second-order valence-electron chi connectivity index (χ2n) is 8.93. The van der Waals surface area contributed by atoms with Crippen LogP contribution < -0.4 is 21.7 Å². The summed E-state index contributed by atoms with van der Waals surface area (Å²) in [5.74, 6) is -3.36. The minimum atomic E-state index is -1.23. The Hall–Kier alpha value is -3.51. The highest BCUT2D eigenvalue weighted by Gasteiger charge is 2.31. The Kier molecular flexibility index (Phi) is 13.9. The van der Waals surface area contributed by atoms with Crippen LogP contribution in [0.2, 0.25) is 0 Å². The van der Waals surface area contributed by atoms with Crippen molar-refractivity contribution in [2.45, 2.75) is 63.7 Å². The summed E-state index contributed by atoms with van der Waals surface area (Å²) in [6.07, 6.45) is 0.147. The van der Waals surface area contributed by atoms with Gasteiger partial charge in [-0.15, -0.1) is 0 Å². The number of carbonyl (C=O) groups is 5. The van der Waals surface area contributed by atoms with Crippen LogP contribution in [0.5, 0.6) is 0 Å². The van der Waals surface area contributed by atoms with E-state index in [9.17, 15) is 29.1 Å². The molecule has 0 spiro atoms. The van der Waals surface area contributed by atoms with E-state index in [2.05, 4.69) is 20.7 Å². The molecule has 12 nitrogen and oxygen atoms in total. The van der Waals surface area contributed by atoms with Gasteiger partial charge in [0.15, 0.2) is 0 Å². The first-order chi connectivity index (χ1) is 17.5. The Balaban J connectivity index is 3.09. The van der Waals surface area contributed by atoms with Gasteiger partial charge in [0.2, 0.25) is 17.7 Å². The van der Waals surface area contributed by atoms with Crippen LogP contribution in [-0.4, -0.2) is 79.8 Å². The molecule has 0 unspecified atom stereocenters. The van der Waals surface area contributed by atoms with Gasteiger partial charge in [-0.25, -0.2) is 4.79 Å². The molecule has 0 fully saturated rings. The summed E-state index contributed by atoms with van der Waals surface area (Å²) >= 11 is 0. The fourth-order valence-corrected chi connectivity index (χ4v) is 3.42. The number of nitrogens with two attached hydrogens (primary N) is 1. The van der Waals surface area contributed by atoms with Crippen molar-refractivity contribution < 1.29 is 38.6 Å². The van der Waals surface area contributed by atoms with Crippen LogP contribution in [-0.2, 0) is 39.9 Å². The van der Waals surface area contributed by atoms with E-state index < -0.39 is 60.4 Å². The third-order valence-electron chi connectivity index (χ3n) is 5.46. The van der Waals surface area contributed by atoms with Crippen LogP contribution in [0.15, 0.2) is 30.3 Å². The quantitative estimate of drug-likeness (QED) is 0.183. The number of esters is 2. The number of benzene rings is 1. The number of carbonyl (C=O) groups excluding carboxylic acids is 5. The molecular weight excluding hydrogens is 484 g/mol. The summed E-state index contributed by atoms with van der Waals surface area (Å²) in [7, 11) is 2.36. The average molecular weight is 523 g/mol. The molecule has 0 heterocycles. The molecule has 0 bridgehead atoms. The highest BCUT2D eigenvalue weighted by molar-refractivity contribution is 5.94. The molecule has 0 saturated carbocycles. The second kappa shape index (κ2) is 16.3. The number of hydrogen-bond donors (Lipinski definition) is 5. The van der Waals surface area contributed by atoms with E-state index in [4.69, 9.17) is 10.5 Å². The van der Waals surface area contributed by atoms with Gasteiger partial charge in [0.1, 0.15) is 24.2 Å². The third-order valence-corrected chi connectivity index (χ3v) is 5.46. The summed E-state index contributed by atoms with van der Waals surface area (Å²) in [4.78, 5) is 62.4. The molecule has 0 aliphatic heterocycles. The molecule has 1 aromatic carbocycles. The average Bonchev–Trinajstić information content (AvgIpc) is 2.88. The van der Waals surface area contributed by atoms with Crippen molar-refractivity contribution in [3.63, 3.8) is 0 Å². The first-order valence-corrected chi connectivity index (χ1v) is 12.0. The number of hydrogen-bond acceptors (Lipinski definition) is 9. The van der Waals surface area contributed by atoms with E-state index in [0.717, 1.165) is 12.7 Å². The number of aliphatic hydroxyl groups is 1. The first-order valence-electron chi connectivity index (χ1n) is 12.0. The van der Waals surface area contributed by atoms with Crippen molar-refractivity contribution in [2.24, 2.45) is 11.7 Å². The first kappa shape index (κ1) is 31.5. The van der Waals surface area contributed by atoms with E-state index in [1.807, 2.05) is 13.8 Å². The molecule has 0 aromatic heterocycles. The van der Waals surface area contributed by atoms with Crippen LogP contribution in [0.4, 0.5) is 0 Å². The molecule has 1 rings (SSSR count). The summed E-state index contributed by atoms with van der Waals surface area (Å²) in [5.41, 5.74) is 6.34. The summed E-state index contributed by atoms with van der Waals surface area (Å²) in [6.45, 7) is 3.10. The van der Waals surface area contributed by atoms with Gasteiger partial charge in [-0.05, 0) is 24.3 Å². The Morgan fingerprint density at radius 2 is 1.43 bits per heavy atom. The van der Waals surface area contributed by atoms with Crippen molar-refractivity contribution in [1.29, 1.82) is 0 Å². The van der Waals surface area contributed by atoms with Gasteiger partial charge in [-0.3, -0.25) is 19.2 Å². The van der Waals surface area contributed by atoms with Gasteiger partial charge in [0, 0.05) is 12.8 Å². The van der Waals surface area contributed by atoms with Crippen molar-refractivity contribution in [3.05, 3.63) is 35.9 Å². The molecule has 37 heavy (non-hydrogen) atoms. The van der Waals surface area contributed by atoms with Crippen LogP contribution in [0, 0.1) is 5.92 Å². The molecule has 206 valence electrons. The molecule has 0 aliphatic carbocycles. The van der Waals surface area contributed by atoms with Crippen LogP contribution >= 0.6 is 0 Å². The van der Waals surface area contributed by atoms with Crippen molar-refractivity contribution >= 4 is 29.7 Å². The molecule has 12 heteroatoms. The van der Waals surface area contributed by atoms with E-state index in [-0.39, 0.29) is 31.6 Å². The minimum absolute atomic E-state index is 0.0207. The smallest absolute Gasteiger partial charge is 0.328 e. The number of methoxy groups -OCH3 is 2. The number of amides is 3. The number of rotatable bonds is 15. The number of ether oxygens (including phenoxy) is 2. The lowest BCUT2D eigenvalue weighted by Crippen LogP contribution is -2.58. The maximum absolute atomic E-state index is 13.3. The van der Waals surface area contributed by atoms with Gasteiger partial charge in [-0.1, -0.05) is 44.2 Å². The fourth-order valence-electron chi connectivity index (χ4n) is 3.42. The monoisotopic (exact) mass is 522 g/mol. The lowest BCUT2D eigenvalue weighted by molar-refractivity contribution is -0.146. The standard InChI is InChI=1S/C25H38N4O8/c1-15(2)12-19(23(33)27-18(25(35)37-4)10-11-21(31)36-3)29-24(34)20(28-22(32)17(26)14-30)13-16-8-6-5-7-9-16/h5-9,15,17-20,30H,10-14,26H2,1-4H3,(H,27,33)(H,28,32)(H,29,34)/t17-,18-,19-,20-/m0/s1. The number of aliphatic hydroxyl groups excluding tert-OH is 1. The Morgan fingerprint density at radius 3 is 1.97 bits per heavy atom. The topological polar surface area (TPSA) is 186 Å². The molecule has 6 N–H and O–H groups in total. The largest absolute Gasteiger partial charge is 0.469 e. The van der Waals surface area contributed by atoms with Gasteiger partial charge < -0.3 is 36.3 Å². The molecule has 0 radical (unpaired) electrons. The highest BCUT2D eigenvalue weighted by atomic mass is 16.5. The zero-order valence-corrected chi connectivity index (χ0v) is 21.7. The molecule has 4 atom stereocenters. The lowest BCUT2D eigenvalue weighted by atomic mass is 10.00. The highest BCUT2D eigenvalue weighted by Crippen LogP contribution is 2.10. The van der Waals surface area contributed by atoms with Crippen LogP contribution in [0.1, 0.15) is 38.7 Å². The summed E-state index contributed by atoms with van der Waals surface area (Å²) < 4.78 is 9.31. The van der Waals surface area contributed by atoms with E-state index in [1.54, 1.807) is 30.3 Å². The Labute approximate surface area is 216 Å². The summed E-state index contributed by atoms with van der Waals surface area (Å²) in [5, 5.41) is 16.9. The third kappa shape index (κ3) is 11.4. The van der Waals surface area contributed by atoms with Crippen molar-refractivity contribution in [3.8, 4) is 0 Å². The van der Waals surface area contributed by atoms with Crippen molar-refractivity contribution in [1.82, 2.24) is 16.0 Å². The van der Waals surface area contributed by atoms with Gasteiger partial charge >= 0.3 is 11.9 Å². The van der Waals surface area contributed by atoms with E-state index in [0.29, 0.717) is 0 Å². The predicted octanol–water partition coefficient (Wildman–Crippen LogP) is -0.825. The molecule has 0 aliphatic rings. The predicted molar refractivity (Wildman–Crippen MR) is 134 cm³/mol. The molecule has 1 aromatic rings. The fraction of sp³-hybridized carbons (Fsp3) is 0.560. The van der Waals surface area contributed by atoms with Crippen LogP contribution in [0.25, 0.3) is 0 Å². The van der Waals surface area contributed by atoms with Crippen molar-refractivity contribution in [2.75, 3.05) is 20.8 Å². The van der Waals surface area contributed by atoms with Gasteiger partial charge in [0.25, 0.3) is 0 Å². The van der Waals surface area contributed by atoms with E-state index >= 15 is 0 Å². The van der Waals surface area contributed by atoms with Gasteiger partial charge in [-0.2, -0.15) is 0 Å². The molecule has 0 saturated heterocycles. The summed E-state index contributed by atoms with van der Waals surface area (Å²) in [6, 6.07) is 4.41. The second-order valence-corrected chi connectivity index (χ2v) is 8.93. The maximum Gasteiger partial charge on any atom is 0.328 e. The normalized spacial score (nSPS) is 14.0. The zero-order valence-electron chi connectivity index (χ0n) is 21.7. The molecular formula is C25H38N4O8. The lowest BCUT2D eigenvalue weighted by Gasteiger charge is -2.26.